The molecule has 0 saturated heterocycles. The Hall–Kier alpha value is -1.41. The second-order valence-corrected chi connectivity index (χ2v) is 6.89. The molecule has 2 atom stereocenters. The summed E-state index contributed by atoms with van der Waals surface area (Å²) >= 11 is 0. The zero-order valence-electron chi connectivity index (χ0n) is 11.8. The summed E-state index contributed by atoms with van der Waals surface area (Å²) in [4.78, 5) is 10.9. The van der Waals surface area contributed by atoms with E-state index in [1.54, 1.807) is 0 Å². The minimum Gasteiger partial charge on any atom is -0.300 e. The number of alkyl halides is 3. The molecule has 0 spiro atoms. The molecule has 8 heteroatoms. The molecule has 22 heavy (non-hydrogen) atoms. The SMILES string of the molecule is CC(=O)[C@H]1CC[C@@H](OS(=O)(=O)c2ccc(C(F)(F)F)cc2)C1. The van der Waals surface area contributed by atoms with E-state index in [1.807, 2.05) is 0 Å². The molecule has 0 amide bonds. The van der Waals surface area contributed by atoms with E-state index >= 15 is 0 Å². The van der Waals surface area contributed by atoms with Gasteiger partial charge in [-0.3, -0.25) is 8.98 Å². The van der Waals surface area contributed by atoms with Crippen molar-refractivity contribution in [3.63, 3.8) is 0 Å². The quantitative estimate of drug-likeness (QED) is 0.793. The third kappa shape index (κ3) is 3.86. The zero-order chi connectivity index (χ0) is 16.5. The average Bonchev–Trinajstić information content (AvgIpc) is 2.86. The summed E-state index contributed by atoms with van der Waals surface area (Å²) in [6.45, 7) is 1.44. The van der Waals surface area contributed by atoms with Gasteiger partial charge in [0.1, 0.15) is 5.78 Å². The topological polar surface area (TPSA) is 60.4 Å². The highest BCUT2D eigenvalue weighted by atomic mass is 32.2. The molecule has 0 aliphatic heterocycles. The molecule has 122 valence electrons. The predicted molar refractivity (Wildman–Crippen MR) is 71.5 cm³/mol. The van der Waals surface area contributed by atoms with Crippen LogP contribution in [-0.4, -0.2) is 20.3 Å². The van der Waals surface area contributed by atoms with Crippen molar-refractivity contribution in [1.29, 1.82) is 0 Å². The summed E-state index contributed by atoms with van der Waals surface area (Å²) in [5, 5.41) is 0. The first-order valence-corrected chi connectivity index (χ1v) is 8.11. The molecule has 0 heterocycles. The molecular weight excluding hydrogens is 321 g/mol. The second-order valence-electron chi connectivity index (χ2n) is 5.32. The molecule has 1 fully saturated rings. The number of carbonyl (C=O) groups excluding carboxylic acids is 1. The standard InChI is InChI=1S/C14H15F3O4S/c1-9(18)10-2-5-12(8-10)21-22(19,20)13-6-3-11(4-7-13)14(15,16)17/h3-4,6-7,10,12H,2,5,8H2,1H3/t10-,12+/m0/s1. The number of Topliss-reactive ketones (excluding diaryl/α,β-unsaturated/α-hetero) is 1. The van der Waals surface area contributed by atoms with Gasteiger partial charge in [0.25, 0.3) is 10.1 Å². The number of rotatable bonds is 4. The van der Waals surface area contributed by atoms with E-state index in [-0.39, 0.29) is 16.6 Å². The number of halogens is 3. The first kappa shape index (κ1) is 17.0. The number of hydrogen-bond acceptors (Lipinski definition) is 4. The maximum Gasteiger partial charge on any atom is 0.416 e. The van der Waals surface area contributed by atoms with Crippen LogP contribution in [0.2, 0.25) is 0 Å². The molecule has 1 saturated carbocycles. The zero-order valence-corrected chi connectivity index (χ0v) is 12.6. The summed E-state index contributed by atoms with van der Waals surface area (Å²) in [5.41, 5.74) is -0.927. The molecule has 2 rings (SSSR count). The Balaban J connectivity index is 2.09. The monoisotopic (exact) mass is 336 g/mol. The molecule has 0 unspecified atom stereocenters. The van der Waals surface area contributed by atoms with Gasteiger partial charge in [-0.15, -0.1) is 0 Å². The van der Waals surface area contributed by atoms with Crippen molar-refractivity contribution >= 4 is 15.9 Å². The van der Waals surface area contributed by atoms with Gasteiger partial charge >= 0.3 is 6.18 Å². The maximum atomic E-state index is 12.4. The lowest BCUT2D eigenvalue weighted by Gasteiger charge is -2.13. The smallest absolute Gasteiger partial charge is 0.300 e. The van der Waals surface area contributed by atoms with Gasteiger partial charge in [-0.25, -0.2) is 0 Å². The Morgan fingerprint density at radius 1 is 1.18 bits per heavy atom. The number of hydrogen-bond donors (Lipinski definition) is 0. The van der Waals surface area contributed by atoms with E-state index in [9.17, 15) is 26.4 Å². The highest BCUT2D eigenvalue weighted by Crippen LogP contribution is 2.32. The van der Waals surface area contributed by atoms with Crippen LogP contribution in [0.15, 0.2) is 29.2 Å². The van der Waals surface area contributed by atoms with E-state index in [0.717, 1.165) is 12.1 Å². The highest BCUT2D eigenvalue weighted by molar-refractivity contribution is 7.86. The van der Waals surface area contributed by atoms with Gasteiger partial charge in [-0.1, -0.05) is 0 Å². The lowest BCUT2D eigenvalue weighted by atomic mass is 10.0. The van der Waals surface area contributed by atoms with Crippen LogP contribution in [0.4, 0.5) is 13.2 Å². The highest BCUT2D eigenvalue weighted by Gasteiger charge is 2.33. The van der Waals surface area contributed by atoms with E-state index in [4.69, 9.17) is 4.18 Å². The summed E-state index contributed by atoms with van der Waals surface area (Å²) in [5.74, 6) is -0.231. The third-order valence-electron chi connectivity index (χ3n) is 3.69. The van der Waals surface area contributed by atoms with Crippen molar-refractivity contribution in [3.05, 3.63) is 29.8 Å². The van der Waals surface area contributed by atoms with E-state index in [1.165, 1.54) is 6.92 Å². The molecular formula is C14H15F3O4S. The Kier molecular flexibility index (Phi) is 4.62. The first-order valence-electron chi connectivity index (χ1n) is 6.70. The predicted octanol–water partition coefficient (Wildman–Crippen LogP) is 3.17. The van der Waals surface area contributed by atoms with Crippen LogP contribution >= 0.6 is 0 Å². The van der Waals surface area contributed by atoms with Crippen molar-refractivity contribution in [2.75, 3.05) is 0 Å². The van der Waals surface area contributed by atoms with Gasteiger partial charge in [0, 0.05) is 5.92 Å². The van der Waals surface area contributed by atoms with Crippen molar-refractivity contribution in [3.8, 4) is 0 Å². The fourth-order valence-electron chi connectivity index (χ4n) is 2.44. The normalized spacial score (nSPS) is 22.7. The number of carbonyl (C=O) groups is 1. The lowest BCUT2D eigenvalue weighted by Crippen LogP contribution is -2.17. The van der Waals surface area contributed by atoms with Crippen molar-refractivity contribution in [2.24, 2.45) is 5.92 Å². The molecule has 1 aromatic rings. The van der Waals surface area contributed by atoms with Gasteiger partial charge in [0.05, 0.1) is 16.6 Å². The van der Waals surface area contributed by atoms with Crippen LogP contribution in [-0.2, 0) is 25.3 Å². The molecule has 0 N–H and O–H groups in total. The molecule has 0 radical (unpaired) electrons. The van der Waals surface area contributed by atoms with Crippen molar-refractivity contribution in [2.45, 2.75) is 43.4 Å². The van der Waals surface area contributed by atoms with Gasteiger partial charge < -0.3 is 0 Å². The molecule has 1 aliphatic rings. The van der Waals surface area contributed by atoms with Crippen LogP contribution in [0.25, 0.3) is 0 Å². The third-order valence-corrected chi connectivity index (χ3v) is 5.07. The fourth-order valence-corrected chi connectivity index (χ4v) is 3.56. The van der Waals surface area contributed by atoms with E-state index in [0.29, 0.717) is 31.4 Å². The van der Waals surface area contributed by atoms with Gasteiger partial charge in [-0.05, 0) is 50.5 Å². The molecule has 4 nitrogen and oxygen atoms in total. The molecule has 0 bridgehead atoms. The first-order chi connectivity index (χ1) is 10.1. The Morgan fingerprint density at radius 2 is 1.77 bits per heavy atom. The van der Waals surface area contributed by atoms with Crippen LogP contribution in [0, 0.1) is 5.92 Å². The van der Waals surface area contributed by atoms with E-state index in [2.05, 4.69) is 0 Å². The van der Waals surface area contributed by atoms with Gasteiger partial charge in [0.2, 0.25) is 0 Å². The Bertz CT molecular complexity index is 650. The summed E-state index contributed by atoms with van der Waals surface area (Å²) in [7, 11) is -4.13. The van der Waals surface area contributed by atoms with Crippen LogP contribution < -0.4 is 0 Å². The molecule has 1 aromatic carbocycles. The second kappa shape index (κ2) is 6.00. The number of ketones is 1. The molecule has 0 aromatic heterocycles. The Morgan fingerprint density at radius 3 is 2.23 bits per heavy atom. The summed E-state index contributed by atoms with van der Waals surface area (Å²) < 4.78 is 66.5. The summed E-state index contributed by atoms with van der Waals surface area (Å²) in [6.07, 6.45) is -3.83. The van der Waals surface area contributed by atoms with Crippen LogP contribution in [0.5, 0.6) is 0 Å². The van der Waals surface area contributed by atoms with Crippen LogP contribution in [0.1, 0.15) is 31.7 Å². The van der Waals surface area contributed by atoms with Crippen LogP contribution in [0.3, 0.4) is 0 Å². The minimum atomic E-state index is -4.52. The Labute approximate surface area is 126 Å². The van der Waals surface area contributed by atoms with E-state index < -0.39 is 28.0 Å². The number of benzene rings is 1. The fraction of sp³-hybridized carbons (Fsp3) is 0.500. The maximum absolute atomic E-state index is 12.4. The van der Waals surface area contributed by atoms with Crippen molar-refractivity contribution < 1.29 is 30.6 Å². The van der Waals surface area contributed by atoms with Gasteiger partial charge in [0.15, 0.2) is 0 Å². The lowest BCUT2D eigenvalue weighted by molar-refractivity contribution is -0.137. The minimum absolute atomic E-state index is 0.0157. The van der Waals surface area contributed by atoms with Crippen molar-refractivity contribution in [1.82, 2.24) is 0 Å². The summed E-state index contributed by atoms with van der Waals surface area (Å²) in [6, 6.07) is 3.14. The average molecular weight is 336 g/mol. The van der Waals surface area contributed by atoms with Gasteiger partial charge in [-0.2, -0.15) is 21.6 Å². The molecule has 1 aliphatic carbocycles. The largest absolute Gasteiger partial charge is 0.416 e.